The van der Waals surface area contributed by atoms with Crippen LogP contribution < -0.4 is 5.32 Å². The van der Waals surface area contributed by atoms with E-state index in [0.717, 1.165) is 18.3 Å². The number of hydrogen-bond acceptors (Lipinski definition) is 3. The van der Waals surface area contributed by atoms with E-state index in [1.165, 1.54) is 36.4 Å². The molecule has 0 saturated carbocycles. The standard InChI is InChI=1S/C17H28N2S/c1-4-17-13-19(9-10-20-17)12-15-5-7-16(8-6-15)14(2)11-18-3/h5-8,14,17-18H,4,9-13H2,1-3H3. The second kappa shape index (κ2) is 8.06. The molecule has 3 heteroatoms. The zero-order chi connectivity index (χ0) is 14.4. The van der Waals surface area contributed by atoms with Gasteiger partial charge in [-0.3, -0.25) is 4.90 Å². The molecule has 1 aliphatic heterocycles. The Labute approximate surface area is 128 Å². The molecular formula is C17H28N2S. The van der Waals surface area contributed by atoms with Gasteiger partial charge in [-0.25, -0.2) is 0 Å². The van der Waals surface area contributed by atoms with E-state index in [1.807, 2.05) is 7.05 Å². The Morgan fingerprint density at radius 1 is 1.35 bits per heavy atom. The van der Waals surface area contributed by atoms with Crippen molar-refractivity contribution in [2.45, 2.75) is 38.0 Å². The van der Waals surface area contributed by atoms with E-state index >= 15 is 0 Å². The Hall–Kier alpha value is -0.510. The van der Waals surface area contributed by atoms with Crippen molar-refractivity contribution in [3.05, 3.63) is 35.4 Å². The number of nitrogens with zero attached hydrogens (tertiary/aromatic N) is 1. The highest BCUT2D eigenvalue weighted by molar-refractivity contribution is 8.00. The fourth-order valence-corrected chi connectivity index (χ4v) is 4.05. The van der Waals surface area contributed by atoms with E-state index in [9.17, 15) is 0 Å². The van der Waals surface area contributed by atoms with Crippen molar-refractivity contribution in [1.29, 1.82) is 0 Å². The maximum Gasteiger partial charge on any atom is 0.0234 e. The van der Waals surface area contributed by atoms with Crippen molar-refractivity contribution in [2.24, 2.45) is 0 Å². The fourth-order valence-electron chi connectivity index (χ4n) is 2.80. The number of likely N-dealkylation sites (N-methyl/N-ethyl adjacent to an activating group) is 1. The van der Waals surface area contributed by atoms with Gasteiger partial charge >= 0.3 is 0 Å². The molecule has 1 fully saturated rings. The number of hydrogen-bond donors (Lipinski definition) is 1. The molecule has 1 aromatic carbocycles. The summed E-state index contributed by atoms with van der Waals surface area (Å²) in [4.78, 5) is 2.61. The van der Waals surface area contributed by atoms with E-state index < -0.39 is 0 Å². The largest absolute Gasteiger partial charge is 0.319 e. The first kappa shape index (κ1) is 15.9. The Morgan fingerprint density at radius 3 is 2.75 bits per heavy atom. The van der Waals surface area contributed by atoms with Crippen molar-refractivity contribution in [3.8, 4) is 0 Å². The third kappa shape index (κ3) is 4.51. The summed E-state index contributed by atoms with van der Waals surface area (Å²) in [5.74, 6) is 1.88. The Kier molecular flexibility index (Phi) is 6.40. The van der Waals surface area contributed by atoms with Crippen LogP contribution in [0.5, 0.6) is 0 Å². The van der Waals surface area contributed by atoms with Gasteiger partial charge in [0.05, 0.1) is 0 Å². The first-order valence-electron chi connectivity index (χ1n) is 7.80. The number of benzene rings is 1. The molecule has 20 heavy (non-hydrogen) atoms. The van der Waals surface area contributed by atoms with Gasteiger partial charge in [-0.05, 0) is 30.5 Å². The van der Waals surface area contributed by atoms with Crippen molar-refractivity contribution < 1.29 is 0 Å². The monoisotopic (exact) mass is 292 g/mol. The number of nitrogens with one attached hydrogen (secondary N) is 1. The average molecular weight is 292 g/mol. The summed E-state index contributed by atoms with van der Waals surface area (Å²) in [5, 5.41) is 4.08. The number of rotatable bonds is 6. The first-order chi connectivity index (χ1) is 9.72. The molecule has 0 radical (unpaired) electrons. The molecule has 1 heterocycles. The lowest BCUT2D eigenvalue weighted by molar-refractivity contribution is 0.273. The lowest BCUT2D eigenvalue weighted by atomic mass is 10.00. The van der Waals surface area contributed by atoms with Crippen LogP contribution in [0.4, 0.5) is 0 Å². The third-order valence-corrected chi connectivity index (χ3v) is 5.52. The van der Waals surface area contributed by atoms with E-state index in [1.54, 1.807) is 0 Å². The molecule has 0 aromatic heterocycles. The highest BCUT2D eigenvalue weighted by Gasteiger charge is 2.18. The van der Waals surface area contributed by atoms with Crippen LogP contribution in [0.1, 0.15) is 37.3 Å². The van der Waals surface area contributed by atoms with Crippen LogP contribution in [0.25, 0.3) is 0 Å². The predicted molar refractivity (Wildman–Crippen MR) is 90.6 cm³/mol. The summed E-state index contributed by atoms with van der Waals surface area (Å²) in [6.45, 7) is 9.22. The van der Waals surface area contributed by atoms with Crippen LogP contribution >= 0.6 is 11.8 Å². The molecule has 0 spiro atoms. The van der Waals surface area contributed by atoms with Crippen molar-refractivity contribution in [3.63, 3.8) is 0 Å². The minimum Gasteiger partial charge on any atom is -0.319 e. The molecule has 0 amide bonds. The van der Waals surface area contributed by atoms with Crippen LogP contribution in [0.2, 0.25) is 0 Å². The van der Waals surface area contributed by atoms with Crippen molar-refractivity contribution in [2.75, 3.05) is 32.4 Å². The molecule has 0 aliphatic carbocycles. The van der Waals surface area contributed by atoms with Gasteiger partial charge in [0, 0.05) is 37.2 Å². The van der Waals surface area contributed by atoms with Crippen molar-refractivity contribution >= 4 is 11.8 Å². The summed E-state index contributed by atoms with van der Waals surface area (Å²) in [6.07, 6.45) is 1.29. The molecule has 0 bridgehead atoms. The molecule has 2 atom stereocenters. The van der Waals surface area contributed by atoms with Gasteiger partial charge in [-0.15, -0.1) is 0 Å². The summed E-state index contributed by atoms with van der Waals surface area (Å²) in [5.41, 5.74) is 2.89. The Morgan fingerprint density at radius 2 is 2.10 bits per heavy atom. The molecule has 1 aliphatic rings. The lowest BCUT2D eigenvalue weighted by Gasteiger charge is -2.31. The van der Waals surface area contributed by atoms with Crippen LogP contribution in [0.3, 0.4) is 0 Å². The molecule has 2 rings (SSSR count). The summed E-state index contributed by atoms with van der Waals surface area (Å²) in [6, 6.07) is 9.22. The molecule has 112 valence electrons. The average Bonchev–Trinajstić information content (AvgIpc) is 2.48. The summed E-state index contributed by atoms with van der Waals surface area (Å²) < 4.78 is 0. The van der Waals surface area contributed by atoms with Crippen LogP contribution in [0.15, 0.2) is 24.3 Å². The van der Waals surface area contributed by atoms with E-state index in [2.05, 4.69) is 60.1 Å². The smallest absolute Gasteiger partial charge is 0.0234 e. The highest BCUT2D eigenvalue weighted by Crippen LogP contribution is 2.23. The van der Waals surface area contributed by atoms with Gasteiger partial charge < -0.3 is 5.32 Å². The Bertz CT molecular complexity index is 390. The first-order valence-corrected chi connectivity index (χ1v) is 8.85. The van der Waals surface area contributed by atoms with E-state index in [0.29, 0.717) is 5.92 Å². The second-order valence-electron chi connectivity index (χ2n) is 5.84. The lowest BCUT2D eigenvalue weighted by Crippen LogP contribution is -2.37. The summed E-state index contributed by atoms with van der Waals surface area (Å²) in [7, 11) is 2.02. The molecule has 1 N–H and O–H groups in total. The minimum absolute atomic E-state index is 0.588. The quantitative estimate of drug-likeness (QED) is 0.866. The maximum atomic E-state index is 3.25. The molecule has 2 nitrogen and oxygen atoms in total. The van der Waals surface area contributed by atoms with E-state index in [-0.39, 0.29) is 0 Å². The molecular weight excluding hydrogens is 264 g/mol. The Balaban J connectivity index is 1.90. The van der Waals surface area contributed by atoms with Crippen LogP contribution in [0, 0.1) is 0 Å². The minimum atomic E-state index is 0.588. The molecule has 1 aromatic rings. The topological polar surface area (TPSA) is 15.3 Å². The van der Waals surface area contributed by atoms with Gasteiger partial charge in [0.15, 0.2) is 0 Å². The van der Waals surface area contributed by atoms with Crippen LogP contribution in [-0.2, 0) is 6.54 Å². The zero-order valence-electron chi connectivity index (χ0n) is 13.1. The predicted octanol–water partition coefficient (Wildman–Crippen LogP) is 3.34. The second-order valence-corrected chi connectivity index (χ2v) is 7.24. The maximum absolute atomic E-state index is 3.25. The van der Waals surface area contributed by atoms with Gasteiger partial charge in [0.2, 0.25) is 0 Å². The van der Waals surface area contributed by atoms with Gasteiger partial charge in [0.1, 0.15) is 0 Å². The highest BCUT2D eigenvalue weighted by atomic mass is 32.2. The van der Waals surface area contributed by atoms with E-state index in [4.69, 9.17) is 0 Å². The number of thioether (sulfide) groups is 1. The zero-order valence-corrected chi connectivity index (χ0v) is 13.9. The third-order valence-electron chi connectivity index (χ3n) is 4.14. The molecule has 2 unspecified atom stereocenters. The van der Waals surface area contributed by atoms with Gasteiger partial charge in [0.25, 0.3) is 0 Å². The van der Waals surface area contributed by atoms with Gasteiger partial charge in [-0.2, -0.15) is 11.8 Å². The summed E-state index contributed by atoms with van der Waals surface area (Å²) >= 11 is 2.14. The fraction of sp³-hybridized carbons (Fsp3) is 0.647. The van der Waals surface area contributed by atoms with Gasteiger partial charge in [-0.1, -0.05) is 38.1 Å². The van der Waals surface area contributed by atoms with Crippen molar-refractivity contribution in [1.82, 2.24) is 10.2 Å². The molecule has 1 saturated heterocycles. The van der Waals surface area contributed by atoms with Crippen LogP contribution in [-0.4, -0.2) is 42.6 Å². The normalized spacial score (nSPS) is 21.9. The SMILES string of the molecule is CCC1CN(Cc2ccc(C(C)CNC)cc2)CCS1.